The number of ketones is 1. The number of benzene rings is 1. The summed E-state index contributed by atoms with van der Waals surface area (Å²) in [6.07, 6.45) is 0.627. The third-order valence-electron chi connectivity index (χ3n) is 1.97. The third kappa shape index (κ3) is 3.54. The fraction of sp³-hybridized carbons (Fsp3) is 0.333. The van der Waals surface area contributed by atoms with E-state index in [-0.39, 0.29) is 12.2 Å². The van der Waals surface area contributed by atoms with Gasteiger partial charge in [0.2, 0.25) is 0 Å². The molecular weight excluding hydrogens is 192 g/mol. The molecule has 0 amide bonds. The molecule has 0 bridgehead atoms. The molecule has 1 aromatic carbocycles. The van der Waals surface area contributed by atoms with Gasteiger partial charge in [0.05, 0.1) is 0 Å². The second-order valence-electron chi connectivity index (χ2n) is 3.31. The van der Waals surface area contributed by atoms with E-state index in [0.29, 0.717) is 5.75 Å². The number of carbonyl (C=O) groups is 2. The summed E-state index contributed by atoms with van der Waals surface area (Å²) in [6, 6.07) is 7.32. The Kier molecular flexibility index (Phi) is 4.03. The summed E-state index contributed by atoms with van der Waals surface area (Å²) >= 11 is 0. The summed E-state index contributed by atoms with van der Waals surface area (Å²) in [5, 5.41) is 0. The molecule has 0 atom stereocenters. The summed E-state index contributed by atoms with van der Waals surface area (Å²) in [7, 11) is 0. The number of carbonyl (C=O) groups excluding carboxylic acids is 2. The molecule has 1 rings (SSSR count). The summed E-state index contributed by atoms with van der Waals surface area (Å²) < 4.78 is 5.09. The van der Waals surface area contributed by atoms with Crippen LogP contribution >= 0.6 is 0 Å². The number of rotatable bonds is 4. The molecule has 0 aliphatic heterocycles. The van der Waals surface area contributed by atoms with Crippen molar-refractivity contribution in [2.75, 3.05) is 0 Å². The molecule has 80 valence electrons. The lowest BCUT2D eigenvalue weighted by atomic mass is 10.1. The first-order valence-corrected chi connectivity index (χ1v) is 4.91. The van der Waals surface area contributed by atoms with Crippen LogP contribution in [0.15, 0.2) is 24.3 Å². The second kappa shape index (κ2) is 5.29. The summed E-state index contributed by atoms with van der Waals surface area (Å²) in [6.45, 7) is 3.35. The molecule has 0 spiro atoms. The summed E-state index contributed by atoms with van der Waals surface area (Å²) in [5.41, 5.74) is 0.967. The molecule has 0 aliphatic carbocycles. The van der Waals surface area contributed by atoms with Gasteiger partial charge in [-0.25, -0.2) is 0 Å². The van der Waals surface area contributed by atoms with Crippen molar-refractivity contribution in [1.29, 1.82) is 0 Å². The molecule has 3 nitrogen and oxygen atoms in total. The maximum absolute atomic E-state index is 11.2. The highest BCUT2D eigenvalue weighted by molar-refractivity contribution is 5.95. The maximum atomic E-state index is 11.2. The lowest BCUT2D eigenvalue weighted by molar-refractivity contribution is -0.137. The quantitative estimate of drug-likeness (QED) is 0.430. The zero-order valence-corrected chi connectivity index (χ0v) is 8.95. The smallest absolute Gasteiger partial charge is 0.318 e. The molecule has 0 heterocycles. The van der Waals surface area contributed by atoms with Crippen LogP contribution in [0.5, 0.6) is 5.75 Å². The number of hydrogen-bond donors (Lipinski definition) is 0. The van der Waals surface area contributed by atoms with Gasteiger partial charge in [-0.1, -0.05) is 25.1 Å². The summed E-state index contributed by atoms with van der Waals surface area (Å²) in [5.74, 6) is -0.136. The zero-order chi connectivity index (χ0) is 11.3. The monoisotopic (exact) mass is 206 g/mol. The van der Waals surface area contributed by atoms with Gasteiger partial charge in [0.15, 0.2) is 0 Å². The van der Waals surface area contributed by atoms with Crippen molar-refractivity contribution in [2.24, 2.45) is 0 Å². The fourth-order valence-corrected chi connectivity index (χ4v) is 1.26. The van der Waals surface area contributed by atoms with E-state index in [0.717, 1.165) is 12.0 Å². The first-order valence-electron chi connectivity index (χ1n) is 4.91. The maximum Gasteiger partial charge on any atom is 0.318 e. The van der Waals surface area contributed by atoms with Gasteiger partial charge in [0, 0.05) is 0 Å². The van der Waals surface area contributed by atoms with Crippen LogP contribution in [0.4, 0.5) is 0 Å². The van der Waals surface area contributed by atoms with Crippen LogP contribution in [0.3, 0.4) is 0 Å². The van der Waals surface area contributed by atoms with Crippen LogP contribution in [0, 0.1) is 0 Å². The molecule has 0 aliphatic rings. The van der Waals surface area contributed by atoms with Gasteiger partial charge in [-0.15, -0.1) is 0 Å². The number of hydrogen-bond acceptors (Lipinski definition) is 3. The van der Waals surface area contributed by atoms with E-state index in [1.165, 1.54) is 6.92 Å². The molecule has 0 radical (unpaired) electrons. The average Bonchev–Trinajstić information content (AvgIpc) is 2.17. The van der Waals surface area contributed by atoms with Crippen molar-refractivity contribution in [3.8, 4) is 5.75 Å². The van der Waals surface area contributed by atoms with Gasteiger partial charge in [0.25, 0.3) is 0 Å². The van der Waals surface area contributed by atoms with Crippen LogP contribution in [-0.4, -0.2) is 11.8 Å². The van der Waals surface area contributed by atoms with Crippen molar-refractivity contribution in [3.05, 3.63) is 29.8 Å². The van der Waals surface area contributed by atoms with Gasteiger partial charge < -0.3 is 4.74 Å². The van der Waals surface area contributed by atoms with Gasteiger partial charge in [-0.2, -0.15) is 0 Å². The Morgan fingerprint density at radius 2 is 1.93 bits per heavy atom. The van der Waals surface area contributed by atoms with E-state index in [4.69, 9.17) is 4.74 Å². The Morgan fingerprint density at radius 3 is 2.53 bits per heavy atom. The Hall–Kier alpha value is -1.64. The minimum absolute atomic E-state index is 0.169. The van der Waals surface area contributed by atoms with Crippen molar-refractivity contribution in [1.82, 2.24) is 0 Å². The lowest BCUT2D eigenvalue weighted by Gasteiger charge is -2.07. The van der Waals surface area contributed by atoms with Crippen LogP contribution in [0.1, 0.15) is 25.8 Å². The normalized spacial score (nSPS) is 9.73. The molecule has 0 saturated heterocycles. The fourth-order valence-electron chi connectivity index (χ4n) is 1.26. The lowest BCUT2D eigenvalue weighted by Crippen LogP contribution is -2.12. The number of para-hydroxylation sites is 1. The molecule has 1 aromatic rings. The number of Topliss-reactive ketones (excluding diaryl/α,β-unsaturated/α-hetero) is 1. The highest BCUT2D eigenvalue weighted by atomic mass is 16.5. The Labute approximate surface area is 89.1 Å². The van der Waals surface area contributed by atoms with Crippen molar-refractivity contribution in [3.63, 3.8) is 0 Å². The van der Waals surface area contributed by atoms with Crippen molar-refractivity contribution in [2.45, 2.75) is 26.7 Å². The first-order chi connectivity index (χ1) is 7.13. The van der Waals surface area contributed by atoms with Crippen molar-refractivity contribution >= 4 is 11.8 Å². The highest BCUT2D eigenvalue weighted by Crippen LogP contribution is 2.18. The van der Waals surface area contributed by atoms with Crippen molar-refractivity contribution < 1.29 is 14.3 Å². The average molecular weight is 206 g/mol. The highest BCUT2D eigenvalue weighted by Gasteiger charge is 2.09. The standard InChI is InChI=1S/C12H14O3/c1-3-10-6-4-5-7-11(10)15-12(14)8-9(2)13/h4-7H,3,8H2,1-2H3. The Bertz CT molecular complexity index is 369. The van der Waals surface area contributed by atoms with E-state index in [1.54, 1.807) is 12.1 Å². The summed E-state index contributed by atoms with van der Waals surface area (Å²) in [4.78, 5) is 21.9. The molecule has 0 unspecified atom stereocenters. The number of ether oxygens (including phenoxy) is 1. The third-order valence-corrected chi connectivity index (χ3v) is 1.97. The predicted octanol–water partition coefficient (Wildman–Crippen LogP) is 2.13. The second-order valence-corrected chi connectivity index (χ2v) is 3.31. The van der Waals surface area contributed by atoms with Gasteiger partial charge in [-0.05, 0) is 25.0 Å². The molecule has 0 N–H and O–H groups in total. The molecule has 15 heavy (non-hydrogen) atoms. The van der Waals surface area contributed by atoms with E-state index in [9.17, 15) is 9.59 Å². The van der Waals surface area contributed by atoms with Gasteiger partial charge in [-0.3, -0.25) is 9.59 Å². The van der Waals surface area contributed by atoms with Gasteiger partial charge in [0.1, 0.15) is 18.0 Å². The van der Waals surface area contributed by atoms with Crippen LogP contribution in [0.2, 0.25) is 0 Å². The molecular formula is C12H14O3. The van der Waals surface area contributed by atoms with E-state index >= 15 is 0 Å². The Morgan fingerprint density at radius 1 is 1.27 bits per heavy atom. The van der Waals surface area contributed by atoms with E-state index < -0.39 is 5.97 Å². The topological polar surface area (TPSA) is 43.4 Å². The van der Waals surface area contributed by atoms with E-state index in [2.05, 4.69) is 0 Å². The molecule has 0 saturated carbocycles. The van der Waals surface area contributed by atoms with E-state index in [1.807, 2.05) is 19.1 Å². The van der Waals surface area contributed by atoms with Crippen LogP contribution in [0.25, 0.3) is 0 Å². The number of aryl methyl sites for hydroxylation is 1. The zero-order valence-electron chi connectivity index (χ0n) is 8.95. The van der Waals surface area contributed by atoms with Crippen LogP contribution in [-0.2, 0) is 16.0 Å². The molecule has 0 fully saturated rings. The minimum atomic E-state index is -0.497. The predicted molar refractivity (Wildman–Crippen MR) is 56.8 cm³/mol. The molecule has 0 aromatic heterocycles. The SMILES string of the molecule is CCc1ccccc1OC(=O)CC(C)=O. The Balaban J connectivity index is 2.71. The van der Waals surface area contributed by atoms with Crippen LogP contribution < -0.4 is 4.74 Å². The minimum Gasteiger partial charge on any atom is -0.426 e. The largest absolute Gasteiger partial charge is 0.426 e. The van der Waals surface area contributed by atoms with Gasteiger partial charge >= 0.3 is 5.97 Å². The number of esters is 1. The molecule has 3 heteroatoms. The first kappa shape index (κ1) is 11.4.